The summed E-state index contributed by atoms with van der Waals surface area (Å²) in [4.78, 5) is 2.26. The van der Waals surface area contributed by atoms with Crippen LogP contribution in [0.25, 0.3) is 0 Å². The number of hydrogen-bond acceptors (Lipinski definition) is 2. The zero-order valence-electron chi connectivity index (χ0n) is 9.33. The van der Waals surface area contributed by atoms with Gasteiger partial charge in [0.2, 0.25) is 0 Å². The summed E-state index contributed by atoms with van der Waals surface area (Å²) in [5.74, 6) is 0.289. The number of benzene rings is 1. The second-order valence-corrected chi connectivity index (χ2v) is 4.01. The molecule has 1 rings (SSSR count). The Kier molecular flexibility index (Phi) is 4.92. The van der Waals surface area contributed by atoms with E-state index in [0.29, 0.717) is 5.02 Å². The molecule has 2 nitrogen and oxygen atoms in total. The van der Waals surface area contributed by atoms with Crippen molar-refractivity contribution in [1.82, 2.24) is 4.90 Å². The highest BCUT2D eigenvalue weighted by atomic mass is 35.5. The van der Waals surface area contributed by atoms with Gasteiger partial charge in [-0.2, -0.15) is 0 Å². The Labute approximate surface area is 96.5 Å². The third-order valence-corrected chi connectivity index (χ3v) is 2.82. The standard InChI is InChI=1S/C12H18ClNO/c1-3-8-14(4-2)9-10-11(13)6-5-7-12(10)15/h5-7,15H,3-4,8-9H2,1-2H3. The molecule has 0 aliphatic heterocycles. The second kappa shape index (κ2) is 5.99. The Bertz CT molecular complexity index is 294. The molecule has 0 unspecified atom stereocenters. The van der Waals surface area contributed by atoms with Gasteiger partial charge < -0.3 is 5.11 Å². The molecule has 84 valence electrons. The molecule has 0 bridgehead atoms. The van der Waals surface area contributed by atoms with Crippen molar-refractivity contribution in [3.05, 3.63) is 28.8 Å². The maximum atomic E-state index is 9.69. The quantitative estimate of drug-likeness (QED) is 0.835. The first kappa shape index (κ1) is 12.3. The minimum Gasteiger partial charge on any atom is -0.508 e. The molecular weight excluding hydrogens is 210 g/mol. The molecule has 0 fully saturated rings. The smallest absolute Gasteiger partial charge is 0.121 e. The van der Waals surface area contributed by atoms with Gasteiger partial charge in [0.05, 0.1) is 0 Å². The van der Waals surface area contributed by atoms with Gasteiger partial charge in [0, 0.05) is 17.1 Å². The Balaban J connectivity index is 2.78. The van der Waals surface area contributed by atoms with Gasteiger partial charge in [0.1, 0.15) is 5.75 Å². The summed E-state index contributed by atoms with van der Waals surface area (Å²) in [6.45, 7) is 6.98. The van der Waals surface area contributed by atoms with E-state index in [4.69, 9.17) is 11.6 Å². The Morgan fingerprint density at radius 3 is 2.60 bits per heavy atom. The van der Waals surface area contributed by atoms with Crippen molar-refractivity contribution in [3.63, 3.8) is 0 Å². The molecule has 0 saturated carbocycles. The summed E-state index contributed by atoms with van der Waals surface area (Å²) in [6, 6.07) is 5.26. The van der Waals surface area contributed by atoms with E-state index in [-0.39, 0.29) is 5.75 Å². The molecule has 0 saturated heterocycles. The molecule has 0 spiro atoms. The SMILES string of the molecule is CCCN(CC)Cc1c(O)cccc1Cl. The van der Waals surface area contributed by atoms with Crippen molar-refractivity contribution in [2.75, 3.05) is 13.1 Å². The van der Waals surface area contributed by atoms with E-state index < -0.39 is 0 Å². The molecule has 3 heteroatoms. The van der Waals surface area contributed by atoms with E-state index >= 15 is 0 Å². The zero-order valence-corrected chi connectivity index (χ0v) is 10.1. The minimum absolute atomic E-state index is 0.289. The van der Waals surface area contributed by atoms with Crippen LogP contribution >= 0.6 is 11.6 Å². The molecule has 0 atom stereocenters. The van der Waals surface area contributed by atoms with Crippen molar-refractivity contribution in [2.45, 2.75) is 26.8 Å². The van der Waals surface area contributed by atoms with E-state index in [1.165, 1.54) is 0 Å². The van der Waals surface area contributed by atoms with Crippen molar-refractivity contribution < 1.29 is 5.11 Å². The summed E-state index contributed by atoms with van der Waals surface area (Å²) in [5.41, 5.74) is 0.828. The monoisotopic (exact) mass is 227 g/mol. The van der Waals surface area contributed by atoms with Gasteiger partial charge in [0.25, 0.3) is 0 Å². The predicted molar refractivity (Wildman–Crippen MR) is 64.4 cm³/mol. The summed E-state index contributed by atoms with van der Waals surface area (Å²) < 4.78 is 0. The van der Waals surface area contributed by atoms with Crippen LogP contribution in [0, 0.1) is 0 Å². The lowest BCUT2D eigenvalue weighted by Crippen LogP contribution is -2.23. The molecule has 1 aromatic carbocycles. The van der Waals surface area contributed by atoms with E-state index in [2.05, 4.69) is 18.7 Å². The van der Waals surface area contributed by atoms with Gasteiger partial charge in [-0.1, -0.05) is 31.5 Å². The van der Waals surface area contributed by atoms with Crippen LogP contribution < -0.4 is 0 Å². The van der Waals surface area contributed by atoms with Crippen molar-refractivity contribution in [2.24, 2.45) is 0 Å². The van der Waals surface area contributed by atoms with Gasteiger partial charge >= 0.3 is 0 Å². The number of phenolic OH excluding ortho intramolecular Hbond substituents is 1. The third kappa shape index (κ3) is 3.40. The van der Waals surface area contributed by atoms with Crippen LogP contribution in [0.2, 0.25) is 5.02 Å². The lowest BCUT2D eigenvalue weighted by Gasteiger charge is -2.20. The Morgan fingerprint density at radius 1 is 1.33 bits per heavy atom. The van der Waals surface area contributed by atoms with Crippen LogP contribution in [0.5, 0.6) is 5.75 Å². The lowest BCUT2D eigenvalue weighted by molar-refractivity contribution is 0.276. The number of halogens is 1. The highest BCUT2D eigenvalue weighted by Gasteiger charge is 2.09. The number of hydrogen-bond donors (Lipinski definition) is 1. The van der Waals surface area contributed by atoms with Gasteiger partial charge in [-0.15, -0.1) is 0 Å². The largest absolute Gasteiger partial charge is 0.508 e. The van der Waals surface area contributed by atoms with Crippen molar-refractivity contribution in [1.29, 1.82) is 0 Å². The van der Waals surface area contributed by atoms with Crippen molar-refractivity contribution in [3.8, 4) is 5.75 Å². The third-order valence-electron chi connectivity index (χ3n) is 2.46. The highest BCUT2D eigenvalue weighted by molar-refractivity contribution is 6.31. The molecular formula is C12H18ClNO. The maximum absolute atomic E-state index is 9.69. The van der Waals surface area contributed by atoms with Crippen LogP contribution in [0.15, 0.2) is 18.2 Å². The summed E-state index contributed by atoms with van der Waals surface area (Å²) in [5, 5.41) is 10.3. The van der Waals surface area contributed by atoms with E-state index in [1.807, 2.05) is 6.07 Å². The molecule has 0 aliphatic carbocycles. The summed E-state index contributed by atoms with van der Waals surface area (Å²) in [6.07, 6.45) is 1.11. The number of aromatic hydroxyl groups is 1. The first-order valence-corrected chi connectivity index (χ1v) is 5.75. The van der Waals surface area contributed by atoms with Crippen LogP contribution in [-0.4, -0.2) is 23.1 Å². The number of nitrogens with zero attached hydrogens (tertiary/aromatic N) is 1. The number of rotatable bonds is 5. The molecule has 0 heterocycles. The maximum Gasteiger partial charge on any atom is 0.121 e. The van der Waals surface area contributed by atoms with E-state index in [9.17, 15) is 5.11 Å². The zero-order chi connectivity index (χ0) is 11.3. The van der Waals surface area contributed by atoms with Gasteiger partial charge in [0.15, 0.2) is 0 Å². The summed E-state index contributed by atoms with van der Waals surface area (Å²) in [7, 11) is 0. The van der Waals surface area contributed by atoms with Crippen LogP contribution in [-0.2, 0) is 6.54 Å². The van der Waals surface area contributed by atoms with E-state index in [1.54, 1.807) is 12.1 Å². The Hall–Kier alpha value is -0.730. The molecule has 1 N–H and O–H groups in total. The van der Waals surface area contributed by atoms with Gasteiger partial charge in [-0.05, 0) is 31.6 Å². The summed E-state index contributed by atoms with van der Waals surface area (Å²) >= 11 is 6.04. The predicted octanol–water partition coefficient (Wildman–Crippen LogP) is 3.28. The highest BCUT2D eigenvalue weighted by Crippen LogP contribution is 2.26. The van der Waals surface area contributed by atoms with Crippen LogP contribution in [0.1, 0.15) is 25.8 Å². The van der Waals surface area contributed by atoms with Crippen molar-refractivity contribution >= 4 is 11.6 Å². The second-order valence-electron chi connectivity index (χ2n) is 3.61. The normalized spacial score (nSPS) is 10.9. The van der Waals surface area contributed by atoms with Crippen LogP contribution in [0.4, 0.5) is 0 Å². The van der Waals surface area contributed by atoms with E-state index in [0.717, 1.165) is 31.6 Å². The molecule has 0 radical (unpaired) electrons. The van der Waals surface area contributed by atoms with Gasteiger partial charge in [-0.3, -0.25) is 4.90 Å². The molecule has 0 aliphatic rings. The van der Waals surface area contributed by atoms with Gasteiger partial charge in [-0.25, -0.2) is 0 Å². The first-order chi connectivity index (χ1) is 7.19. The fourth-order valence-electron chi connectivity index (χ4n) is 1.59. The molecule has 0 aromatic heterocycles. The number of phenols is 1. The molecule has 1 aromatic rings. The fraction of sp³-hybridized carbons (Fsp3) is 0.500. The molecule has 15 heavy (non-hydrogen) atoms. The van der Waals surface area contributed by atoms with Crippen LogP contribution in [0.3, 0.4) is 0 Å². The Morgan fingerprint density at radius 2 is 2.07 bits per heavy atom. The fourth-order valence-corrected chi connectivity index (χ4v) is 1.82. The first-order valence-electron chi connectivity index (χ1n) is 5.37. The molecule has 0 amide bonds. The average Bonchev–Trinajstić information content (AvgIpc) is 2.22. The topological polar surface area (TPSA) is 23.5 Å². The average molecular weight is 228 g/mol. The lowest BCUT2D eigenvalue weighted by atomic mass is 10.2. The minimum atomic E-state index is 0.289.